The normalized spacial score (nSPS) is 11.5. The average Bonchev–Trinajstić information content (AvgIpc) is 3.88. The topological polar surface area (TPSA) is 48.5 Å². The van der Waals surface area contributed by atoms with Crippen LogP contribution >= 0.6 is 0 Å². The molecule has 3 heterocycles. The molecule has 0 amide bonds. The molecule has 0 spiro atoms. The van der Waals surface area contributed by atoms with Crippen molar-refractivity contribution >= 4 is 43.6 Å². The first-order chi connectivity index (χ1) is 30.8. The molecule has 0 bridgehead atoms. The number of hydrogen-bond donors (Lipinski definition) is 0. The number of para-hydroxylation sites is 3. The Labute approximate surface area is 358 Å². The molecule has 9 aromatic carbocycles. The van der Waals surface area contributed by atoms with Crippen molar-refractivity contribution in [1.29, 1.82) is 0 Å². The molecule has 12 rings (SSSR count). The fraction of sp³-hybridized carbons (Fsp3) is 0. The molecule has 62 heavy (non-hydrogen) atoms. The standard InChI is InChI=1S/C57H37N5/c1-4-18-38(19-5-1)43-24-10-11-25-44(43)40-32-34-42(35-33-40)56-58-55(41-22-8-3-9-23-41)59-57(60-56)62-52-31-17-14-28-47(52)49-37-36-48-46-27-13-16-30-51(46)61(53(48)54(49)62)50-29-15-12-26-45(50)39-20-6-2-7-21-39/h1-37H. The van der Waals surface area contributed by atoms with Gasteiger partial charge in [0, 0.05) is 38.2 Å². The number of nitrogens with zero attached hydrogens (tertiary/aromatic N) is 5. The summed E-state index contributed by atoms with van der Waals surface area (Å²) in [6, 6.07) is 79.2. The van der Waals surface area contributed by atoms with E-state index in [1.165, 1.54) is 22.1 Å². The van der Waals surface area contributed by atoms with E-state index in [1.54, 1.807) is 0 Å². The molecular weight excluding hydrogens is 755 g/mol. The highest BCUT2D eigenvalue weighted by Gasteiger charge is 2.24. The van der Waals surface area contributed by atoms with Crippen LogP contribution in [0.5, 0.6) is 0 Å². The van der Waals surface area contributed by atoms with Gasteiger partial charge in [0.1, 0.15) is 0 Å². The molecule has 0 saturated heterocycles. The van der Waals surface area contributed by atoms with Crippen molar-refractivity contribution < 1.29 is 0 Å². The number of fused-ring (bicyclic) bond motifs is 7. The first-order valence-electron chi connectivity index (χ1n) is 21.0. The third-order valence-corrected chi connectivity index (χ3v) is 12.0. The third-order valence-electron chi connectivity index (χ3n) is 12.0. The molecule has 12 aromatic rings. The molecule has 0 aliphatic rings. The van der Waals surface area contributed by atoms with Crippen LogP contribution in [-0.4, -0.2) is 24.1 Å². The molecule has 0 fully saturated rings. The largest absolute Gasteiger partial charge is 0.307 e. The lowest BCUT2D eigenvalue weighted by atomic mass is 9.94. The van der Waals surface area contributed by atoms with Crippen molar-refractivity contribution in [3.05, 3.63) is 224 Å². The Morgan fingerprint density at radius 3 is 1.23 bits per heavy atom. The summed E-state index contributed by atoms with van der Waals surface area (Å²) in [5, 5.41) is 4.59. The van der Waals surface area contributed by atoms with Crippen LogP contribution < -0.4 is 0 Å². The average molecular weight is 792 g/mol. The minimum Gasteiger partial charge on any atom is -0.307 e. The second kappa shape index (κ2) is 14.7. The van der Waals surface area contributed by atoms with Gasteiger partial charge in [-0.05, 0) is 46.0 Å². The van der Waals surface area contributed by atoms with Crippen molar-refractivity contribution in [2.75, 3.05) is 0 Å². The van der Waals surface area contributed by atoms with Crippen LogP contribution in [0.4, 0.5) is 0 Å². The van der Waals surface area contributed by atoms with Crippen LogP contribution in [0.3, 0.4) is 0 Å². The van der Waals surface area contributed by atoms with E-state index in [0.717, 1.165) is 71.7 Å². The molecule has 290 valence electrons. The summed E-state index contributed by atoms with van der Waals surface area (Å²) in [7, 11) is 0. The zero-order valence-electron chi connectivity index (χ0n) is 33.6. The van der Waals surface area contributed by atoms with E-state index < -0.39 is 0 Å². The summed E-state index contributed by atoms with van der Waals surface area (Å²) < 4.78 is 4.70. The Bertz CT molecular complexity index is 3610. The van der Waals surface area contributed by atoms with Crippen LogP contribution in [0.1, 0.15) is 0 Å². The molecule has 5 heteroatoms. The van der Waals surface area contributed by atoms with Gasteiger partial charge in [-0.2, -0.15) is 9.97 Å². The number of aromatic nitrogens is 5. The van der Waals surface area contributed by atoms with Gasteiger partial charge in [-0.25, -0.2) is 4.98 Å². The van der Waals surface area contributed by atoms with Crippen LogP contribution in [0.2, 0.25) is 0 Å². The Balaban J connectivity index is 1.13. The van der Waals surface area contributed by atoms with Gasteiger partial charge in [0.15, 0.2) is 11.6 Å². The predicted octanol–water partition coefficient (Wildman–Crippen LogP) is 14.4. The molecule has 3 aromatic heterocycles. The summed E-state index contributed by atoms with van der Waals surface area (Å²) in [4.78, 5) is 15.9. The van der Waals surface area contributed by atoms with Crippen molar-refractivity contribution in [3.8, 4) is 67.8 Å². The van der Waals surface area contributed by atoms with Crippen LogP contribution in [0, 0.1) is 0 Å². The number of benzene rings is 9. The fourth-order valence-corrected chi connectivity index (χ4v) is 9.20. The second-order valence-electron chi connectivity index (χ2n) is 15.6. The predicted molar refractivity (Wildman–Crippen MR) is 256 cm³/mol. The lowest BCUT2D eigenvalue weighted by molar-refractivity contribution is 0.953. The molecule has 5 nitrogen and oxygen atoms in total. The minimum absolute atomic E-state index is 0.555. The van der Waals surface area contributed by atoms with Crippen molar-refractivity contribution in [2.45, 2.75) is 0 Å². The zero-order valence-corrected chi connectivity index (χ0v) is 33.6. The summed E-state index contributed by atoms with van der Waals surface area (Å²) in [5.41, 5.74) is 14.2. The third kappa shape index (κ3) is 5.82. The maximum Gasteiger partial charge on any atom is 0.238 e. The van der Waals surface area contributed by atoms with Crippen molar-refractivity contribution in [2.24, 2.45) is 0 Å². The first-order valence-corrected chi connectivity index (χ1v) is 21.0. The van der Waals surface area contributed by atoms with Gasteiger partial charge in [0.05, 0.1) is 27.8 Å². The second-order valence-corrected chi connectivity index (χ2v) is 15.6. The van der Waals surface area contributed by atoms with Gasteiger partial charge in [-0.15, -0.1) is 0 Å². The molecule has 0 aliphatic heterocycles. The van der Waals surface area contributed by atoms with E-state index in [2.05, 4.69) is 215 Å². The lowest BCUT2D eigenvalue weighted by Crippen LogP contribution is -2.07. The molecule has 0 N–H and O–H groups in total. The zero-order chi connectivity index (χ0) is 41.0. The smallest absolute Gasteiger partial charge is 0.238 e. The highest BCUT2D eigenvalue weighted by molar-refractivity contribution is 6.24. The Morgan fingerprint density at radius 1 is 0.258 bits per heavy atom. The van der Waals surface area contributed by atoms with Gasteiger partial charge in [-0.3, -0.25) is 4.57 Å². The monoisotopic (exact) mass is 791 g/mol. The van der Waals surface area contributed by atoms with E-state index in [0.29, 0.717) is 17.6 Å². The van der Waals surface area contributed by atoms with Crippen LogP contribution in [0.15, 0.2) is 224 Å². The van der Waals surface area contributed by atoms with Gasteiger partial charge < -0.3 is 4.57 Å². The highest BCUT2D eigenvalue weighted by Crippen LogP contribution is 2.43. The molecular formula is C57H37N5. The van der Waals surface area contributed by atoms with Gasteiger partial charge in [0.25, 0.3) is 0 Å². The highest BCUT2D eigenvalue weighted by atomic mass is 15.2. The Morgan fingerprint density at radius 2 is 0.645 bits per heavy atom. The molecule has 0 saturated carbocycles. The Kier molecular flexibility index (Phi) is 8.42. The van der Waals surface area contributed by atoms with Gasteiger partial charge in [-0.1, -0.05) is 206 Å². The summed E-state index contributed by atoms with van der Waals surface area (Å²) in [6.07, 6.45) is 0. The van der Waals surface area contributed by atoms with Crippen LogP contribution in [-0.2, 0) is 0 Å². The summed E-state index contributed by atoms with van der Waals surface area (Å²) >= 11 is 0. The number of hydrogen-bond acceptors (Lipinski definition) is 3. The fourth-order valence-electron chi connectivity index (χ4n) is 9.20. The SMILES string of the molecule is c1ccc(-c2nc(-c3ccc(-c4ccccc4-c4ccccc4)cc3)nc(-n3c4ccccc4c4ccc5c6ccccc6n(-c6ccccc6-c6ccccc6)c5c43)n2)cc1. The van der Waals surface area contributed by atoms with Crippen molar-refractivity contribution in [1.82, 2.24) is 24.1 Å². The quantitative estimate of drug-likeness (QED) is 0.162. The van der Waals surface area contributed by atoms with Gasteiger partial charge >= 0.3 is 0 Å². The van der Waals surface area contributed by atoms with E-state index in [-0.39, 0.29) is 0 Å². The molecule has 0 aliphatic carbocycles. The maximum atomic E-state index is 5.40. The van der Waals surface area contributed by atoms with Crippen molar-refractivity contribution in [3.63, 3.8) is 0 Å². The van der Waals surface area contributed by atoms with E-state index in [1.807, 2.05) is 18.2 Å². The van der Waals surface area contributed by atoms with E-state index in [4.69, 9.17) is 15.0 Å². The van der Waals surface area contributed by atoms with E-state index >= 15 is 0 Å². The van der Waals surface area contributed by atoms with E-state index in [9.17, 15) is 0 Å². The molecule has 0 unspecified atom stereocenters. The maximum absolute atomic E-state index is 5.40. The van der Waals surface area contributed by atoms with Crippen LogP contribution in [0.25, 0.3) is 111 Å². The summed E-state index contributed by atoms with van der Waals surface area (Å²) in [6.45, 7) is 0. The summed E-state index contributed by atoms with van der Waals surface area (Å²) in [5.74, 6) is 1.76. The number of rotatable bonds is 7. The lowest BCUT2D eigenvalue weighted by Gasteiger charge is -2.16. The molecule has 0 radical (unpaired) electrons. The molecule has 0 atom stereocenters. The minimum atomic E-state index is 0.555. The van der Waals surface area contributed by atoms with Gasteiger partial charge in [0.2, 0.25) is 5.95 Å². The Hall–Kier alpha value is -8.41. The first kappa shape index (κ1) is 35.5.